The fourth-order valence-corrected chi connectivity index (χ4v) is 4.65. The topological polar surface area (TPSA) is 78.7 Å². The monoisotopic (exact) mass is 466 g/mol. The van der Waals surface area contributed by atoms with Crippen LogP contribution in [0.4, 0.5) is 0 Å². The molecule has 0 aliphatic heterocycles. The summed E-state index contributed by atoms with van der Waals surface area (Å²) < 4.78 is 0.992. The first kappa shape index (κ1) is 19.9. The van der Waals surface area contributed by atoms with Gasteiger partial charge in [0.05, 0.1) is 17.3 Å². The molecule has 0 atom stereocenters. The molecule has 1 N–H and O–H groups in total. The minimum absolute atomic E-state index is 0.133. The summed E-state index contributed by atoms with van der Waals surface area (Å²) in [5.74, 6) is 0.708. The first-order valence-corrected chi connectivity index (χ1v) is 11.2. The molecular formula is C22H19BrN4OS. The summed E-state index contributed by atoms with van der Waals surface area (Å²) in [6.07, 6.45) is 3.41. The lowest BCUT2D eigenvalue weighted by Crippen LogP contribution is -2.45. The first-order chi connectivity index (χ1) is 14.1. The van der Waals surface area contributed by atoms with Crippen LogP contribution in [-0.4, -0.2) is 27.2 Å². The lowest BCUT2D eigenvalue weighted by atomic mass is 10.0. The third-order valence-electron chi connectivity index (χ3n) is 5.06. The molecule has 1 aromatic heterocycles. The second kappa shape index (κ2) is 8.52. The Kier molecular flexibility index (Phi) is 5.84. The molecule has 0 saturated heterocycles. The average molecular weight is 467 g/mol. The van der Waals surface area contributed by atoms with Crippen LogP contribution in [0.5, 0.6) is 0 Å². The maximum Gasteiger partial charge on any atom is 0.231 e. The quantitative estimate of drug-likeness (QED) is 0.417. The maximum atomic E-state index is 12.5. The van der Waals surface area contributed by atoms with Crippen LogP contribution in [0, 0.1) is 11.3 Å². The van der Waals surface area contributed by atoms with Crippen LogP contribution in [0.1, 0.15) is 25.7 Å². The van der Waals surface area contributed by atoms with E-state index in [2.05, 4.69) is 32.3 Å². The van der Waals surface area contributed by atoms with Gasteiger partial charge in [0.25, 0.3) is 0 Å². The van der Waals surface area contributed by atoms with Crippen molar-refractivity contribution in [1.29, 1.82) is 5.26 Å². The van der Waals surface area contributed by atoms with Crippen molar-refractivity contribution < 1.29 is 4.79 Å². The van der Waals surface area contributed by atoms with E-state index in [0.717, 1.165) is 51.6 Å². The van der Waals surface area contributed by atoms with Crippen LogP contribution in [0.15, 0.2) is 58.0 Å². The van der Waals surface area contributed by atoms with E-state index in [0.29, 0.717) is 5.82 Å². The number of nitrogens with zero attached hydrogens (tertiary/aromatic N) is 3. The fraction of sp³-hybridized carbons (Fsp3) is 0.273. The molecule has 1 saturated carbocycles. The van der Waals surface area contributed by atoms with Gasteiger partial charge in [0.1, 0.15) is 10.6 Å². The molecular weight excluding hydrogens is 448 g/mol. The molecule has 0 unspecified atom stereocenters. The molecule has 5 nitrogen and oxygen atoms in total. The second-order valence-corrected chi connectivity index (χ2v) is 8.99. The lowest BCUT2D eigenvalue weighted by Gasteiger charge is -2.21. The van der Waals surface area contributed by atoms with Crippen molar-refractivity contribution >= 4 is 44.5 Å². The first-order valence-electron chi connectivity index (χ1n) is 9.46. The Hall–Kier alpha value is -2.43. The number of thioether (sulfide) groups is 1. The minimum Gasteiger partial charge on any atom is -0.337 e. The van der Waals surface area contributed by atoms with E-state index in [4.69, 9.17) is 4.98 Å². The molecule has 2 aromatic carbocycles. The highest BCUT2D eigenvalue weighted by molar-refractivity contribution is 9.10. The van der Waals surface area contributed by atoms with Crippen molar-refractivity contribution in [3.8, 4) is 17.5 Å². The number of amides is 1. The smallest absolute Gasteiger partial charge is 0.231 e. The van der Waals surface area contributed by atoms with Gasteiger partial charge in [0.15, 0.2) is 5.82 Å². The standard InChI is InChI=1S/C22H19BrN4OS/c23-16-9-7-15(8-10-16)20-25-18-6-2-1-5-17(18)21(26-20)29-13-19(28)27-22(14-24)11-3-4-12-22/h1-2,5-10H,3-4,11-13H2,(H,27,28). The van der Waals surface area contributed by atoms with Gasteiger partial charge < -0.3 is 5.32 Å². The van der Waals surface area contributed by atoms with Gasteiger partial charge in [-0.2, -0.15) is 5.26 Å². The minimum atomic E-state index is -0.700. The van der Waals surface area contributed by atoms with E-state index in [-0.39, 0.29) is 11.7 Å². The molecule has 1 aliphatic rings. The van der Waals surface area contributed by atoms with Gasteiger partial charge in [0.2, 0.25) is 5.91 Å². The molecule has 0 spiro atoms. The molecule has 0 radical (unpaired) electrons. The zero-order valence-corrected chi connectivity index (χ0v) is 18.1. The number of rotatable bonds is 5. The van der Waals surface area contributed by atoms with Crippen molar-refractivity contribution in [2.45, 2.75) is 36.2 Å². The summed E-state index contributed by atoms with van der Waals surface area (Å²) in [6.45, 7) is 0. The molecule has 1 fully saturated rings. The molecule has 1 amide bonds. The number of benzene rings is 2. The number of aromatic nitrogens is 2. The SMILES string of the molecule is N#CC1(NC(=O)CSc2nc(-c3ccc(Br)cc3)nc3ccccc23)CCCC1. The normalized spacial score (nSPS) is 15.2. The predicted octanol–water partition coefficient (Wildman–Crippen LogP) is 5.10. The fourth-order valence-electron chi connectivity index (χ4n) is 3.57. The highest BCUT2D eigenvalue weighted by Gasteiger charge is 2.35. The molecule has 1 aliphatic carbocycles. The Labute approximate surface area is 182 Å². The number of nitriles is 1. The van der Waals surface area contributed by atoms with E-state index in [9.17, 15) is 10.1 Å². The highest BCUT2D eigenvalue weighted by Crippen LogP contribution is 2.31. The Bertz CT molecular complexity index is 1090. The van der Waals surface area contributed by atoms with Gasteiger partial charge in [0, 0.05) is 15.4 Å². The summed E-state index contributed by atoms with van der Waals surface area (Å²) in [7, 11) is 0. The number of halogens is 1. The molecule has 29 heavy (non-hydrogen) atoms. The zero-order chi connectivity index (χ0) is 20.3. The summed E-state index contributed by atoms with van der Waals surface area (Å²) in [4.78, 5) is 22.0. The van der Waals surface area contributed by atoms with Crippen LogP contribution in [0.2, 0.25) is 0 Å². The van der Waals surface area contributed by atoms with Crippen LogP contribution >= 0.6 is 27.7 Å². The van der Waals surface area contributed by atoms with E-state index in [1.54, 1.807) is 0 Å². The zero-order valence-electron chi connectivity index (χ0n) is 15.7. The second-order valence-electron chi connectivity index (χ2n) is 7.11. The molecule has 7 heteroatoms. The van der Waals surface area contributed by atoms with Gasteiger partial charge in [-0.05, 0) is 43.9 Å². The van der Waals surface area contributed by atoms with Gasteiger partial charge in [-0.1, -0.05) is 58.0 Å². The van der Waals surface area contributed by atoms with Crippen LogP contribution in [-0.2, 0) is 4.79 Å². The Morgan fingerprint density at radius 3 is 2.59 bits per heavy atom. The number of nitrogens with one attached hydrogen (secondary N) is 1. The van der Waals surface area contributed by atoms with E-state index < -0.39 is 5.54 Å². The van der Waals surface area contributed by atoms with Gasteiger partial charge in [-0.15, -0.1) is 0 Å². The van der Waals surface area contributed by atoms with Gasteiger partial charge in [-0.25, -0.2) is 9.97 Å². The maximum absolute atomic E-state index is 12.5. The number of fused-ring (bicyclic) bond motifs is 1. The lowest BCUT2D eigenvalue weighted by molar-refractivity contribution is -0.119. The summed E-state index contributed by atoms with van der Waals surface area (Å²) in [6, 6.07) is 17.9. The number of hydrogen-bond donors (Lipinski definition) is 1. The van der Waals surface area contributed by atoms with Crippen molar-refractivity contribution in [2.24, 2.45) is 0 Å². The third-order valence-corrected chi connectivity index (χ3v) is 6.58. The van der Waals surface area contributed by atoms with Crippen molar-refractivity contribution in [2.75, 3.05) is 5.75 Å². The molecule has 3 aromatic rings. The van der Waals surface area contributed by atoms with Crippen molar-refractivity contribution in [3.63, 3.8) is 0 Å². The van der Waals surface area contributed by atoms with Crippen molar-refractivity contribution in [3.05, 3.63) is 53.0 Å². The number of carbonyl (C=O) groups excluding carboxylic acids is 1. The summed E-state index contributed by atoms with van der Waals surface area (Å²) in [5.41, 5.74) is 1.06. The Balaban J connectivity index is 1.58. The molecule has 146 valence electrons. The number of para-hydroxylation sites is 1. The average Bonchev–Trinajstić information content (AvgIpc) is 3.21. The molecule has 1 heterocycles. The van der Waals surface area contributed by atoms with Gasteiger partial charge in [-0.3, -0.25) is 4.79 Å². The van der Waals surface area contributed by atoms with Crippen molar-refractivity contribution in [1.82, 2.24) is 15.3 Å². The molecule has 0 bridgehead atoms. The van der Waals surface area contributed by atoms with E-state index in [1.165, 1.54) is 11.8 Å². The third kappa shape index (κ3) is 4.44. The van der Waals surface area contributed by atoms with Crippen LogP contribution < -0.4 is 5.32 Å². The number of carbonyl (C=O) groups is 1. The summed E-state index contributed by atoms with van der Waals surface area (Å²) in [5, 5.41) is 14.1. The Morgan fingerprint density at radius 1 is 1.14 bits per heavy atom. The van der Waals surface area contributed by atoms with Gasteiger partial charge >= 0.3 is 0 Å². The van der Waals surface area contributed by atoms with Crippen LogP contribution in [0.25, 0.3) is 22.3 Å². The van der Waals surface area contributed by atoms with Crippen LogP contribution in [0.3, 0.4) is 0 Å². The predicted molar refractivity (Wildman–Crippen MR) is 118 cm³/mol. The van der Waals surface area contributed by atoms with E-state index >= 15 is 0 Å². The number of hydrogen-bond acceptors (Lipinski definition) is 5. The highest BCUT2D eigenvalue weighted by atomic mass is 79.9. The molecule has 4 rings (SSSR count). The largest absolute Gasteiger partial charge is 0.337 e. The summed E-state index contributed by atoms with van der Waals surface area (Å²) >= 11 is 4.83. The Morgan fingerprint density at radius 2 is 1.86 bits per heavy atom. The van der Waals surface area contributed by atoms with E-state index in [1.807, 2.05) is 48.5 Å².